The van der Waals surface area contributed by atoms with Crippen molar-refractivity contribution in [3.05, 3.63) is 95.1 Å². The van der Waals surface area contributed by atoms with E-state index in [1.807, 2.05) is 60.7 Å². The van der Waals surface area contributed by atoms with Gasteiger partial charge in [-0.05, 0) is 47.4 Å². The molecule has 3 aromatic rings. The minimum absolute atomic E-state index is 0.335. The highest BCUT2D eigenvalue weighted by Gasteiger charge is 2.19. The molecule has 2 amide bonds. The van der Waals surface area contributed by atoms with E-state index in [-0.39, 0.29) is 5.91 Å². The second kappa shape index (κ2) is 11.0. The van der Waals surface area contributed by atoms with Crippen molar-refractivity contribution in [1.29, 1.82) is 0 Å². The normalized spacial score (nSPS) is 11.4. The van der Waals surface area contributed by atoms with Crippen LogP contribution in [0.2, 0.25) is 0 Å². The van der Waals surface area contributed by atoms with Crippen LogP contribution in [0.1, 0.15) is 34.0 Å². The SMILES string of the molecule is CCc1ccc(OCc2ccc(C(=O)NC(Cc3ccccc3)C(N)=O)cc2)c(OC)c1. The summed E-state index contributed by atoms with van der Waals surface area (Å²) >= 11 is 0. The molecule has 0 aliphatic carbocycles. The Labute approximate surface area is 188 Å². The third kappa shape index (κ3) is 6.11. The molecule has 0 spiro atoms. The summed E-state index contributed by atoms with van der Waals surface area (Å²) in [6.45, 7) is 2.42. The Morgan fingerprint density at radius 3 is 2.22 bits per heavy atom. The molecular formula is C26H28N2O4. The Morgan fingerprint density at radius 2 is 1.59 bits per heavy atom. The Morgan fingerprint density at radius 1 is 0.906 bits per heavy atom. The van der Waals surface area contributed by atoms with Gasteiger partial charge in [-0.3, -0.25) is 9.59 Å². The number of nitrogens with two attached hydrogens (primary N) is 1. The van der Waals surface area contributed by atoms with Gasteiger partial charge in [0, 0.05) is 12.0 Å². The van der Waals surface area contributed by atoms with Gasteiger partial charge in [0.2, 0.25) is 5.91 Å². The van der Waals surface area contributed by atoms with Gasteiger partial charge in [-0.25, -0.2) is 0 Å². The highest BCUT2D eigenvalue weighted by Crippen LogP contribution is 2.29. The van der Waals surface area contributed by atoms with Crippen LogP contribution in [0.4, 0.5) is 0 Å². The first-order valence-corrected chi connectivity index (χ1v) is 10.5. The van der Waals surface area contributed by atoms with Crippen LogP contribution in [-0.4, -0.2) is 25.0 Å². The Kier molecular flexibility index (Phi) is 7.86. The molecule has 0 saturated heterocycles. The predicted molar refractivity (Wildman–Crippen MR) is 124 cm³/mol. The molecule has 0 heterocycles. The maximum Gasteiger partial charge on any atom is 0.251 e. The average Bonchev–Trinajstić information content (AvgIpc) is 2.83. The summed E-state index contributed by atoms with van der Waals surface area (Å²) in [4.78, 5) is 24.4. The number of primary amides is 1. The third-order valence-electron chi connectivity index (χ3n) is 5.18. The fraction of sp³-hybridized carbons (Fsp3) is 0.231. The summed E-state index contributed by atoms with van der Waals surface area (Å²) in [7, 11) is 1.62. The molecule has 0 bridgehead atoms. The molecule has 3 rings (SSSR count). The molecule has 166 valence electrons. The molecule has 1 unspecified atom stereocenters. The Hall–Kier alpha value is -3.80. The van der Waals surface area contributed by atoms with E-state index < -0.39 is 11.9 Å². The number of ether oxygens (including phenoxy) is 2. The van der Waals surface area contributed by atoms with Gasteiger partial charge in [0.1, 0.15) is 12.6 Å². The molecule has 1 atom stereocenters. The highest BCUT2D eigenvalue weighted by molar-refractivity contribution is 5.97. The minimum atomic E-state index is -0.786. The zero-order chi connectivity index (χ0) is 22.9. The Bertz CT molecular complexity index is 1050. The van der Waals surface area contributed by atoms with Crippen LogP contribution in [0.25, 0.3) is 0 Å². The van der Waals surface area contributed by atoms with Gasteiger partial charge in [-0.1, -0.05) is 55.5 Å². The lowest BCUT2D eigenvalue weighted by Crippen LogP contribution is -2.45. The molecule has 6 nitrogen and oxygen atoms in total. The molecule has 0 aliphatic rings. The lowest BCUT2D eigenvalue weighted by molar-refractivity contribution is -0.119. The number of carbonyl (C=O) groups is 2. The Balaban J connectivity index is 1.61. The molecule has 3 N–H and O–H groups in total. The number of methoxy groups -OCH3 is 1. The lowest BCUT2D eigenvalue weighted by Gasteiger charge is -2.16. The van der Waals surface area contributed by atoms with E-state index in [1.54, 1.807) is 19.2 Å². The fourth-order valence-electron chi connectivity index (χ4n) is 3.28. The zero-order valence-electron chi connectivity index (χ0n) is 18.3. The predicted octanol–water partition coefficient (Wildman–Crippen LogP) is 3.66. The molecular weight excluding hydrogens is 404 g/mol. The van der Waals surface area contributed by atoms with Crippen LogP contribution in [0.15, 0.2) is 72.8 Å². The van der Waals surface area contributed by atoms with Gasteiger partial charge in [-0.2, -0.15) is 0 Å². The standard InChI is InChI=1S/C26H28N2O4/c1-3-18-11-14-23(24(16-18)31-2)32-17-20-9-12-21(13-10-20)26(30)28-22(25(27)29)15-19-7-5-4-6-8-19/h4-14,16,22H,3,15,17H2,1-2H3,(H2,27,29)(H,28,30). The minimum Gasteiger partial charge on any atom is -0.493 e. The van der Waals surface area contributed by atoms with E-state index in [9.17, 15) is 9.59 Å². The molecule has 0 saturated carbocycles. The highest BCUT2D eigenvalue weighted by atomic mass is 16.5. The molecule has 32 heavy (non-hydrogen) atoms. The van der Waals surface area contributed by atoms with Gasteiger partial charge in [0.15, 0.2) is 11.5 Å². The van der Waals surface area contributed by atoms with Gasteiger partial charge < -0.3 is 20.5 Å². The average molecular weight is 433 g/mol. The quantitative estimate of drug-likeness (QED) is 0.512. The van der Waals surface area contributed by atoms with Crippen molar-refractivity contribution in [2.24, 2.45) is 5.73 Å². The lowest BCUT2D eigenvalue weighted by atomic mass is 10.0. The number of amides is 2. The number of aryl methyl sites for hydroxylation is 1. The number of carbonyl (C=O) groups excluding carboxylic acids is 2. The molecule has 6 heteroatoms. The van der Waals surface area contributed by atoms with E-state index in [0.717, 1.165) is 17.5 Å². The van der Waals surface area contributed by atoms with Crippen molar-refractivity contribution in [2.45, 2.75) is 32.4 Å². The van der Waals surface area contributed by atoms with Crippen LogP contribution in [0, 0.1) is 0 Å². The van der Waals surface area contributed by atoms with Crippen molar-refractivity contribution in [2.75, 3.05) is 7.11 Å². The summed E-state index contributed by atoms with van der Waals surface area (Å²) < 4.78 is 11.3. The van der Waals surface area contributed by atoms with E-state index in [4.69, 9.17) is 15.2 Å². The van der Waals surface area contributed by atoms with Crippen molar-refractivity contribution >= 4 is 11.8 Å². The van der Waals surface area contributed by atoms with Gasteiger partial charge in [0.25, 0.3) is 5.91 Å². The summed E-state index contributed by atoms with van der Waals surface area (Å²) in [6.07, 6.45) is 1.26. The summed E-state index contributed by atoms with van der Waals surface area (Å²) in [5, 5.41) is 2.72. The monoisotopic (exact) mass is 432 g/mol. The fourth-order valence-corrected chi connectivity index (χ4v) is 3.28. The molecule has 0 radical (unpaired) electrons. The molecule has 0 fully saturated rings. The largest absolute Gasteiger partial charge is 0.493 e. The first-order valence-electron chi connectivity index (χ1n) is 10.5. The van der Waals surface area contributed by atoms with Crippen molar-refractivity contribution in [3.8, 4) is 11.5 Å². The second-order valence-electron chi connectivity index (χ2n) is 7.44. The number of nitrogens with one attached hydrogen (secondary N) is 1. The maximum atomic E-state index is 12.6. The van der Waals surface area contributed by atoms with E-state index in [0.29, 0.717) is 30.1 Å². The summed E-state index contributed by atoms with van der Waals surface area (Å²) in [5.74, 6) is 0.428. The van der Waals surface area contributed by atoms with Crippen molar-refractivity contribution < 1.29 is 19.1 Å². The number of hydrogen-bond donors (Lipinski definition) is 2. The molecule has 0 aromatic heterocycles. The number of benzene rings is 3. The first kappa shape index (κ1) is 22.9. The molecule has 0 aliphatic heterocycles. The van der Waals surface area contributed by atoms with Crippen LogP contribution in [0.3, 0.4) is 0 Å². The smallest absolute Gasteiger partial charge is 0.251 e. The van der Waals surface area contributed by atoms with Crippen molar-refractivity contribution in [3.63, 3.8) is 0 Å². The summed E-state index contributed by atoms with van der Waals surface area (Å²) in [5.41, 5.74) is 8.93. The van der Waals surface area contributed by atoms with E-state index in [1.165, 1.54) is 5.56 Å². The first-order chi connectivity index (χ1) is 15.5. The number of rotatable bonds is 10. The third-order valence-corrected chi connectivity index (χ3v) is 5.18. The zero-order valence-corrected chi connectivity index (χ0v) is 18.3. The van der Waals surface area contributed by atoms with Crippen molar-refractivity contribution in [1.82, 2.24) is 5.32 Å². The van der Waals surface area contributed by atoms with E-state index >= 15 is 0 Å². The van der Waals surface area contributed by atoms with E-state index in [2.05, 4.69) is 12.2 Å². The topological polar surface area (TPSA) is 90.6 Å². The van der Waals surface area contributed by atoms with Crippen LogP contribution in [0.5, 0.6) is 11.5 Å². The number of hydrogen-bond acceptors (Lipinski definition) is 4. The van der Waals surface area contributed by atoms with Crippen LogP contribution < -0.4 is 20.5 Å². The van der Waals surface area contributed by atoms with Crippen LogP contribution >= 0.6 is 0 Å². The second-order valence-corrected chi connectivity index (χ2v) is 7.44. The van der Waals surface area contributed by atoms with Gasteiger partial charge >= 0.3 is 0 Å². The van der Waals surface area contributed by atoms with Crippen LogP contribution in [-0.2, 0) is 24.2 Å². The molecule has 3 aromatic carbocycles. The van der Waals surface area contributed by atoms with Gasteiger partial charge in [-0.15, -0.1) is 0 Å². The summed E-state index contributed by atoms with van der Waals surface area (Å²) in [6, 6.07) is 21.6. The maximum absolute atomic E-state index is 12.6. The van der Waals surface area contributed by atoms with Gasteiger partial charge in [0.05, 0.1) is 7.11 Å².